The smallest absolute Gasteiger partial charge is 0.387 e. The second-order valence-corrected chi connectivity index (χ2v) is 3.81. The fourth-order valence-electron chi connectivity index (χ4n) is 1.66. The Morgan fingerprint density at radius 3 is 1.10 bits per heavy atom. The molecule has 0 aliphatic rings. The summed E-state index contributed by atoms with van der Waals surface area (Å²) in [7, 11) is 0. The topological polar surface area (TPSA) is 18.5 Å². The molecule has 106 valence electrons. The van der Waals surface area contributed by atoms with E-state index in [0.717, 1.165) is 11.1 Å². The van der Waals surface area contributed by atoms with Gasteiger partial charge in [0, 0.05) is 0 Å². The standard InChI is InChI=1S/C14H10F4O2/c15-13(16)19-11-5-1-9(2-6-11)10-3-7-12(8-4-10)20-14(17)18/h1-8,13-14H. The summed E-state index contributed by atoms with van der Waals surface area (Å²) in [4.78, 5) is 0. The van der Waals surface area contributed by atoms with Crippen LogP contribution in [0.2, 0.25) is 0 Å². The summed E-state index contributed by atoms with van der Waals surface area (Å²) in [5.74, 6) is 0.114. The van der Waals surface area contributed by atoms with Crippen LogP contribution in [0.1, 0.15) is 0 Å². The number of benzene rings is 2. The van der Waals surface area contributed by atoms with E-state index in [9.17, 15) is 17.6 Å². The summed E-state index contributed by atoms with van der Waals surface area (Å²) in [6, 6.07) is 12.0. The zero-order valence-electron chi connectivity index (χ0n) is 10.1. The van der Waals surface area contributed by atoms with Crippen LogP contribution in [0.3, 0.4) is 0 Å². The zero-order chi connectivity index (χ0) is 14.5. The minimum Gasteiger partial charge on any atom is -0.435 e. The van der Waals surface area contributed by atoms with Crippen LogP contribution in [0.25, 0.3) is 11.1 Å². The Labute approximate surface area is 112 Å². The third kappa shape index (κ3) is 3.88. The highest BCUT2D eigenvalue weighted by Crippen LogP contribution is 2.25. The van der Waals surface area contributed by atoms with E-state index < -0.39 is 13.2 Å². The van der Waals surface area contributed by atoms with Gasteiger partial charge in [-0.05, 0) is 35.4 Å². The van der Waals surface area contributed by atoms with Gasteiger partial charge in [-0.1, -0.05) is 24.3 Å². The summed E-state index contributed by atoms with van der Waals surface area (Å²) in [5, 5.41) is 0. The molecule has 0 saturated carbocycles. The highest BCUT2D eigenvalue weighted by atomic mass is 19.3. The second kappa shape index (κ2) is 6.27. The fourth-order valence-corrected chi connectivity index (χ4v) is 1.66. The van der Waals surface area contributed by atoms with Crippen molar-refractivity contribution < 1.29 is 27.0 Å². The molecule has 0 unspecified atom stereocenters. The van der Waals surface area contributed by atoms with Gasteiger partial charge in [-0.3, -0.25) is 0 Å². The normalized spacial score (nSPS) is 10.9. The molecule has 2 nitrogen and oxygen atoms in total. The van der Waals surface area contributed by atoms with Crippen molar-refractivity contribution >= 4 is 0 Å². The summed E-state index contributed by atoms with van der Waals surface area (Å²) < 4.78 is 56.4. The first-order valence-corrected chi connectivity index (χ1v) is 5.65. The first kappa shape index (κ1) is 14.2. The van der Waals surface area contributed by atoms with Crippen LogP contribution in [-0.2, 0) is 0 Å². The summed E-state index contributed by atoms with van der Waals surface area (Å²) >= 11 is 0. The van der Waals surface area contributed by atoms with E-state index in [4.69, 9.17) is 0 Å². The minimum atomic E-state index is -2.87. The van der Waals surface area contributed by atoms with Gasteiger partial charge in [0.15, 0.2) is 0 Å². The van der Waals surface area contributed by atoms with Crippen molar-refractivity contribution in [2.45, 2.75) is 13.2 Å². The number of hydrogen-bond donors (Lipinski definition) is 0. The second-order valence-electron chi connectivity index (χ2n) is 3.81. The number of halogens is 4. The molecule has 0 amide bonds. The molecule has 2 aromatic rings. The molecule has 0 N–H and O–H groups in total. The first-order valence-electron chi connectivity index (χ1n) is 5.65. The molecule has 0 spiro atoms. The van der Waals surface area contributed by atoms with Crippen molar-refractivity contribution in [3.8, 4) is 22.6 Å². The van der Waals surface area contributed by atoms with Crippen molar-refractivity contribution in [2.75, 3.05) is 0 Å². The van der Waals surface area contributed by atoms with Gasteiger partial charge < -0.3 is 9.47 Å². The van der Waals surface area contributed by atoms with Crippen LogP contribution < -0.4 is 9.47 Å². The van der Waals surface area contributed by atoms with Crippen LogP contribution in [0.5, 0.6) is 11.5 Å². The van der Waals surface area contributed by atoms with Gasteiger partial charge in [0.2, 0.25) is 0 Å². The van der Waals surface area contributed by atoms with Gasteiger partial charge in [-0.2, -0.15) is 17.6 Å². The average Bonchev–Trinajstić information content (AvgIpc) is 2.39. The molecule has 2 aromatic carbocycles. The maximum Gasteiger partial charge on any atom is 0.387 e. The average molecular weight is 286 g/mol. The molecular formula is C14H10F4O2. The monoisotopic (exact) mass is 286 g/mol. The number of rotatable bonds is 5. The van der Waals surface area contributed by atoms with Crippen LogP contribution in [0.4, 0.5) is 17.6 Å². The van der Waals surface area contributed by atoms with E-state index in [0.29, 0.717) is 0 Å². The third-order valence-corrected chi connectivity index (χ3v) is 2.49. The Morgan fingerprint density at radius 2 is 0.850 bits per heavy atom. The highest BCUT2D eigenvalue weighted by Gasteiger charge is 2.06. The van der Waals surface area contributed by atoms with Crippen LogP contribution in [0.15, 0.2) is 48.5 Å². The maximum atomic E-state index is 12.0. The number of hydrogen-bond acceptors (Lipinski definition) is 2. The highest BCUT2D eigenvalue weighted by molar-refractivity contribution is 5.64. The van der Waals surface area contributed by atoms with E-state index in [1.807, 2.05) is 0 Å². The van der Waals surface area contributed by atoms with Gasteiger partial charge in [-0.25, -0.2) is 0 Å². The quantitative estimate of drug-likeness (QED) is 0.750. The molecule has 0 aromatic heterocycles. The Morgan fingerprint density at radius 1 is 0.550 bits per heavy atom. The van der Waals surface area contributed by atoms with Gasteiger partial charge in [0.25, 0.3) is 0 Å². The Hall–Kier alpha value is -2.24. The van der Waals surface area contributed by atoms with Gasteiger partial charge in [0.1, 0.15) is 11.5 Å². The molecule has 0 heterocycles. The zero-order valence-corrected chi connectivity index (χ0v) is 10.1. The number of ether oxygens (including phenoxy) is 2. The van der Waals surface area contributed by atoms with Crippen molar-refractivity contribution in [3.05, 3.63) is 48.5 Å². The lowest BCUT2D eigenvalue weighted by Crippen LogP contribution is -2.01. The van der Waals surface area contributed by atoms with Crippen LogP contribution in [-0.4, -0.2) is 13.2 Å². The molecule has 0 aliphatic heterocycles. The lowest BCUT2D eigenvalue weighted by atomic mass is 10.1. The van der Waals surface area contributed by atoms with Gasteiger partial charge in [-0.15, -0.1) is 0 Å². The van der Waals surface area contributed by atoms with Crippen molar-refractivity contribution in [1.29, 1.82) is 0 Å². The first-order chi connectivity index (χ1) is 9.54. The van der Waals surface area contributed by atoms with Crippen molar-refractivity contribution in [2.24, 2.45) is 0 Å². The van der Waals surface area contributed by atoms with Crippen LogP contribution in [0, 0.1) is 0 Å². The summed E-state index contributed by atoms with van der Waals surface area (Å²) in [5.41, 5.74) is 1.49. The molecule has 20 heavy (non-hydrogen) atoms. The van der Waals surface area contributed by atoms with E-state index in [2.05, 4.69) is 9.47 Å². The minimum absolute atomic E-state index is 0.0569. The predicted molar refractivity (Wildman–Crippen MR) is 65.1 cm³/mol. The Bertz CT molecular complexity index is 487. The molecule has 2 rings (SSSR count). The number of alkyl halides is 4. The molecular weight excluding hydrogens is 276 g/mol. The Kier molecular flexibility index (Phi) is 4.45. The SMILES string of the molecule is FC(F)Oc1ccc(-c2ccc(OC(F)F)cc2)cc1. The molecule has 0 radical (unpaired) electrons. The Balaban J connectivity index is 2.11. The summed E-state index contributed by atoms with van der Waals surface area (Å²) in [6.07, 6.45) is 0. The van der Waals surface area contributed by atoms with Crippen molar-refractivity contribution in [3.63, 3.8) is 0 Å². The molecule has 6 heteroatoms. The molecule has 0 fully saturated rings. The fraction of sp³-hybridized carbons (Fsp3) is 0.143. The lowest BCUT2D eigenvalue weighted by Gasteiger charge is -2.07. The van der Waals surface area contributed by atoms with E-state index >= 15 is 0 Å². The predicted octanol–water partition coefficient (Wildman–Crippen LogP) is 4.56. The maximum absolute atomic E-state index is 12.0. The molecule has 0 bridgehead atoms. The van der Waals surface area contributed by atoms with E-state index in [1.54, 1.807) is 24.3 Å². The van der Waals surface area contributed by atoms with Crippen LogP contribution >= 0.6 is 0 Å². The van der Waals surface area contributed by atoms with Gasteiger partial charge in [0.05, 0.1) is 0 Å². The lowest BCUT2D eigenvalue weighted by molar-refractivity contribution is -0.0505. The molecule has 0 aliphatic carbocycles. The molecule has 0 saturated heterocycles. The van der Waals surface area contributed by atoms with Gasteiger partial charge >= 0.3 is 13.2 Å². The van der Waals surface area contributed by atoms with Crippen molar-refractivity contribution in [1.82, 2.24) is 0 Å². The largest absolute Gasteiger partial charge is 0.435 e. The summed E-state index contributed by atoms with van der Waals surface area (Å²) in [6.45, 7) is -5.74. The molecule has 0 atom stereocenters. The third-order valence-electron chi connectivity index (χ3n) is 2.49. The van der Waals surface area contributed by atoms with E-state index in [1.165, 1.54) is 24.3 Å². The van der Waals surface area contributed by atoms with E-state index in [-0.39, 0.29) is 11.5 Å².